The molecular formula is C13H15BrFN3. The fraction of sp³-hybridized carbons (Fsp3) is 0.308. The number of rotatable bonds is 4. The van der Waals surface area contributed by atoms with Gasteiger partial charge >= 0.3 is 0 Å². The summed E-state index contributed by atoms with van der Waals surface area (Å²) >= 11 is 3.56. The molecule has 5 heteroatoms. The monoisotopic (exact) mass is 311 g/mol. The number of halogens is 2. The number of anilines is 1. The van der Waals surface area contributed by atoms with Crippen LogP contribution in [-0.2, 0) is 20.0 Å². The zero-order chi connectivity index (χ0) is 13.1. The first-order chi connectivity index (χ1) is 8.61. The van der Waals surface area contributed by atoms with Crippen LogP contribution in [0.1, 0.15) is 18.3 Å². The van der Waals surface area contributed by atoms with Crippen LogP contribution in [0, 0.1) is 5.82 Å². The zero-order valence-electron chi connectivity index (χ0n) is 10.4. The van der Waals surface area contributed by atoms with Crippen molar-refractivity contribution in [3.05, 3.63) is 45.9 Å². The van der Waals surface area contributed by atoms with E-state index in [0.717, 1.165) is 28.0 Å². The van der Waals surface area contributed by atoms with Crippen molar-refractivity contribution in [1.29, 1.82) is 0 Å². The summed E-state index contributed by atoms with van der Waals surface area (Å²) in [5, 5.41) is 7.67. The van der Waals surface area contributed by atoms with Crippen LogP contribution in [0.3, 0.4) is 0 Å². The van der Waals surface area contributed by atoms with Crippen LogP contribution in [0.25, 0.3) is 0 Å². The Morgan fingerprint density at radius 2 is 2.00 bits per heavy atom. The lowest BCUT2D eigenvalue weighted by atomic mass is 10.3. The molecule has 0 saturated carbocycles. The molecular weight excluding hydrogens is 297 g/mol. The highest BCUT2D eigenvalue weighted by molar-refractivity contribution is 9.10. The highest BCUT2D eigenvalue weighted by atomic mass is 79.9. The van der Waals surface area contributed by atoms with Crippen molar-refractivity contribution >= 4 is 21.6 Å². The van der Waals surface area contributed by atoms with Gasteiger partial charge in [0.25, 0.3) is 0 Å². The first kappa shape index (κ1) is 13.1. The molecule has 0 amide bonds. The van der Waals surface area contributed by atoms with Gasteiger partial charge in [0.2, 0.25) is 0 Å². The van der Waals surface area contributed by atoms with Gasteiger partial charge < -0.3 is 5.32 Å². The number of benzene rings is 1. The van der Waals surface area contributed by atoms with E-state index in [-0.39, 0.29) is 5.82 Å². The quantitative estimate of drug-likeness (QED) is 0.936. The summed E-state index contributed by atoms with van der Waals surface area (Å²) in [6.07, 6.45) is 0.894. The van der Waals surface area contributed by atoms with Gasteiger partial charge in [-0.15, -0.1) is 0 Å². The minimum Gasteiger partial charge on any atom is -0.379 e. The van der Waals surface area contributed by atoms with Gasteiger partial charge in [0.05, 0.1) is 22.4 Å². The smallest absolute Gasteiger partial charge is 0.123 e. The van der Waals surface area contributed by atoms with Crippen molar-refractivity contribution in [2.24, 2.45) is 7.05 Å². The summed E-state index contributed by atoms with van der Waals surface area (Å²) in [5.41, 5.74) is 3.02. The van der Waals surface area contributed by atoms with Gasteiger partial charge in [-0.2, -0.15) is 5.10 Å². The van der Waals surface area contributed by atoms with Crippen molar-refractivity contribution < 1.29 is 4.39 Å². The maximum Gasteiger partial charge on any atom is 0.123 e. The molecule has 0 atom stereocenters. The summed E-state index contributed by atoms with van der Waals surface area (Å²) in [7, 11) is 1.92. The van der Waals surface area contributed by atoms with E-state index in [9.17, 15) is 4.39 Å². The van der Waals surface area contributed by atoms with Gasteiger partial charge in [0.1, 0.15) is 5.82 Å². The molecule has 1 aromatic carbocycles. The second kappa shape index (κ2) is 5.52. The Morgan fingerprint density at radius 1 is 1.33 bits per heavy atom. The van der Waals surface area contributed by atoms with Gasteiger partial charge in [-0.1, -0.05) is 6.92 Å². The van der Waals surface area contributed by atoms with Crippen LogP contribution in [0.2, 0.25) is 0 Å². The van der Waals surface area contributed by atoms with Crippen molar-refractivity contribution in [3.63, 3.8) is 0 Å². The highest BCUT2D eigenvalue weighted by Crippen LogP contribution is 2.22. The molecule has 96 valence electrons. The largest absolute Gasteiger partial charge is 0.379 e. The van der Waals surface area contributed by atoms with E-state index < -0.39 is 0 Å². The molecule has 0 bridgehead atoms. The molecule has 1 N–H and O–H groups in total. The molecule has 2 rings (SSSR count). The number of hydrogen-bond acceptors (Lipinski definition) is 2. The first-order valence-electron chi connectivity index (χ1n) is 5.81. The van der Waals surface area contributed by atoms with E-state index in [1.807, 2.05) is 11.7 Å². The summed E-state index contributed by atoms with van der Waals surface area (Å²) in [4.78, 5) is 0. The van der Waals surface area contributed by atoms with Gasteiger partial charge in [0, 0.05) is 12.7 Å². The summed E-state index contributed by atoms with van der Waals surface area (Å²) in [5.74, 6) is -0.226. The summed E-state index contributed by atoms with van der Waals surface area (Å²) in [6.45, 7) is 2.72. The lowest BCUT2D eigenvalue weighted by molar-refractivity contribution is 0.628. The Morgan fingerprint density at radius 3 is 2.56 bits per heavy atom. The fourth-order valence-corrected chi connectivity index (χ4v) is 2.52. The van der Waals surface area contributed by atoms with Crippen molar-refractivity contribution in [2.45, 2.75) is 19.9 Å². The number of nitrogens with one attached hydrogen (secondary N) is 1. The Bertz CT molecular complexity index is 534. The molecule has 1 heterocycles. The van der Waals surface area contributed by atoms with E-state index in [2.05, 4.69) is 33.3 Å². The Balaban J connectivity index is 2.10. The number of aromatic nitrogens is 2. The molecule has 0 unspecified atom stereocenters. The predicted octanol–water partition coefficient (Wildman–Crippen LogP) is 3.50. The van der Waals surface area contributed by atoms with Crippen LogP contribution in [0.5, 0.6) is 0 Å². The predicted molar refractivity (Wildman–Crippen MR) is 74.0 cm³/mol. The van der Waals surface area contributed by atoms with Gasteiger partial charge in [-0.25, -0.2) is 4.39 Å². The van der Waals surface area contributed by atoms with Crippen LogP contribution in [-0.4, -0.2) is 9.78 Å². The third-order valence-electron chi connectivity index (χ3n) is 2.81. The molecule has 0 aliphatic carbocycles. The fourth-order valence-electron chi connectivity index (χ4n) is 1.77. The minimum atomic E-state index is -0.226. The van der Waals surface area contributed by atoms with Crippen molar-refractivity contribution in [3.8, 4) is 0 Å². The van der Waals surface area contributed by atoms with Gasteiger partial charge in [0.15, 0.2) is 0 Å². The van der Waals surface area contributed by atoms with Crippen LogP contribution >= 0.6 is 15.9 Å². The molecule has 0 fully saturated rings. The average molecular weight is 312 g/mol. The number of nitrogens with zero attached hydrogens (tertiary/aromatic N) is 2. The lowest BCUT2D eigenvalue weighted by Crippen LogP contribution is -2.05. The second-order valence-corrected chi connectivity index (χ2v) is 4.84. The Kier molecular flexibility index (Phi) is 4.01. The van der Waals surface area contributed by atoms with Gasteiger partial charge in [-0.05, 0) is 46.6 Å². The van der Waals surface area contributed by atoms with Crippen LogP contribution in [0.4, 0.5) is 10.1 Å². The van der Waals surface area contributed by atoms with E-state index in [0.29, 0.717) is 6.54 Å². The number of aryl methyl sites for hydroxylation is 2. The molecule has 2 aromatic rings. The maximum absolute atomic E-state index is 12.8. The van der Waals surface area contributed by atoms with Crippen molar-refractivity contribution in [1.82, 2.24) is 9.78 Å². The SMILES string of the molecule is CCc1nn(C)c(CNc2ccc(F)cc2)c1Br. The summed E-state index contributed by atoms with van der Waals surface area (Å²) < 4.78 is 15.7. The molecule has 0 spiro atoms. The molecule has 1 aromatic heterocycles. The zero-order valence-corrected chi connectivity index (χ0v) is 12.0. The first-order valence-corrected chi connectivity index (χ1v) is 6.60. The van der Waals surface area contributed by atoms with E-state index in [1.54, 1.807) is 12.1 Å². The van der Waals surface area contributed by atoms with E-state index in [4.69, 9.17) is 0 Å². The van der Waals surface area contributed by atoms with Crippen LogP contribution < -0.4 is 5.32 Å². The third-order valence-corrected chi connectivity index (χ3v) is 3.72. The molecule has 18 heavy (non-hydrogen) atoms. The highest BCUT2D eigenvalue weighted by Gasteiger charge is 2.11. The standard InChI is InChI=1S/C13H15BrFN3/c1-3-11-13(14)12(18(2)17-11)8-16-10-6-4-9(15)5-7-10/h4-7,16H,3,8H2,1-2H3. The normalized spacial score (nSPS) is 10.7. The molecule has 0 saturated heterocycles. The average Bonchev–Trinajstić information content (AvgIpc) is 2.64. The van der Waals surface area contributed by atoms with Crippen molar-refractivity contribution in [2.75, 3.05) is 5.32 Å². The topological polar surface area (TPSA) is 29.9 Å². The van der Waals surface area contributed by atoms with Crippen LogP contribution in [0.15, 0.2) is 28.7 Å². The molecule has 3 nitrogen and oxygen atoms in total. The Labute approximate surface area is 114 Å². The molecule has 0 aliphatic heterocycles. The Hall–Kier alpha value is -1.36. The lowest BCUT2D eigenvalue weighted by Gasteiger charge is -2.07. The maximum atomic E-state index is 12.8. The summed E-state index contributed by atoms with van der Waals surface area (Å²) in [6, 6.07) is 6.33. The van der Waals surface area contributed by atoms with Gasteiger partial charge in [-0.3, -0.25) is 4.68 Å². The molecule has 0 aliphatic rings. The van der Waals surface area contributed by atoms with E-state index >= 15 is 0 Å². The number of hydrogen-bond donors (Lipinski definition) is 1. The molecule has 0 radical (unpaired) electrons. The van der Waals surface area contributed by atoms with E-state index in [1.165, 1.54) is 12.1 Å². The second-order valence-electron chi connectivity index (χ2n) is 4.04. The minimum absolute atomic E-state index is 0.226. The third kappa shape index (κ3) is 2.72.